The molecule has 0 bridgehead atoms. The summed E-state index contributed by atoms with van der Waals surface area (Å²) in [5.74, 6) is 0.466. The van der Waals surface area contributed by atoms with Gasteiger partial charge in [-0.25, -0.2) is 10.4 Å². The lowest BCUT2D eigenvalue weighted by atomic mass is 10.2. The topological polar surface area (TPSA) is 76.7 Å². The van der Waals surface area contributed by atoms with E-state index in [9.17, 15) is 4.79 Å². The maximum absolute atomic E-state index is 11.8. The molecule has 2 aromatic carbocycles. The number of nitrogens with one attached hydrogen (secondary N) is 1. The molecule has 128 valence electrons. The zero-order chi connectivity index (χ0) is 17.6. The van der Waals surface area contributed by atoms with Crippen molar-refractivity contribution < 1.29 is 13.9 Å². The smallest absolute Gasteiger partial charge is 0.257 e. The first-order valence-electron chi connectivity index (χ1n) is 7.29. The van der Waals surface area contributed by atoms with Crippen LogP contribution in [0.15, 0.2) is 57.2 Å². The summed E-state index contributed by atoms with van der Waals surface area (Å²) in [4.78, 5) is 16.1. The van der Waals surface area contributed by atoms with E-state index in [2.05, 4.69) is 15.5 Å². The van der Waals surface area contributed by atoms with Gasteiger partial charge in [0.25, 0.3) is 11.1 Å². The van der Waals surface area contributed by atoms with Gasteiger partial charge in [0, 0.05) is 0 Å². The number of carbonyl (C=O) groups is 1. The summed E-state index contributed by atoms with van der Waals surface area (Å²) in [6.07, 6.45) is 1.51. The van der Waals surface area contributed by atoms with Crippen LogP contribution in [0.2, 0.25) is 5.02 Å². The first-order chi connectivity index (χ1) is 12.2. The Morgan fingerprint density at radius 3 is 3.00 bits per heavy atom. The van der Waals surface area contributed by atoms with Crippen molar-refractivity contribution in [3.8, 4) is 5.75 Å². The molecule has 25 heavy (non-hydrogen) atoms. The lowest BCUT2D eigenvalue weighted by molar-refractivity contribution is -0.118. The minimum absolute atomic E-state index is 0.146. The van der Waals surface area contributed by atoms with Crippen LogP contribution in [0.3, 0.4) is 0 Å². The Morgan fingerprint density at radius 2 is 2.24 bits per heavy atom. The molecule has 0 aliphatic carbocycles. The zero-order valence-electron chi connectivity index (χ0n) is 13.2. The molecule has 0 aliphatic rings. The number of hydrazone groups is 1. The SMILES string of the molecule is COc1ccc(/C=N\NC(=O)CSc2nc3ccccc3o2)cc1Cl. The van der Waals surface area contributed by atoms with E-state index in [1.807, 2.05) is 24.3 Å². The molecule has 1 heterocycles. The van der Waals surface area contributed by atoms with Crippen LogP contribution < -0.4 is 10.2 Å². The molecule has 3 aromatic rings. The number of ether oxygens (including phenoxy) is 1. The van der Waals surface area contributed by atoms with Gasteiger partial charge in [-0.3, -0.25) is 4.79 Å². The van der Waals surface area contributed by atoms with Gasteiger partial charge in [-0.1, -0.05) is 35.5 Å². The van der Waals surface area contributed by atoms with Crippen LogP contribution in [0.4, 0.5) is 0 Å². The van der Waals surface area contributed by atoms with E-state index in [1.165, 1.54) is 18.0 Å². The van der Waals surface area contributed by atoms with Crippen molar-refractivity contribution in [3.63, 3.8) is 0 Å². The molecular weight excluding hydrogens is 362 g/mol. The number of amides is 1. The lowest BCUT2D eigenvalue weighted by Crippen LogP contribution is -2.19. The van der Waals surface area contributed by atoms with Crippen LogP contribution in [-0.2, 0) is 4.79 Å². The molecule has 0 saturated carbocycles. The van der Waals surface area contributed by atoms with Gasteiger partial charge in [0.05, 0.1) is 24.1 Å². The second-order valence-electron chi connectivity index (χ2n) is 4.92. The van der Waals surface area contributed by atoms with Crippen molar-refractivity contribution in [2.45, 2.75) is 5.22 Å². The number of aromatic nitrogens is 1. The largest absolute Gasteiger partial charge is 0.495 e. The van der Waals surface area contributed by atoms with Crippen LogP contribution in [0.25, 0.3) is 11.1 Å². The molecule has 0 spiro atoms. The lowest BCUT2D eigenvalue weighted by Gasteiger charge is -2.02. The van der Waals surface area contributed by atoms with E-state index in [4.69, 9.17) is 20.8 Å². The van der Waals surface area contributed by atoms with Gasteiger partial charge in [-0.05, 0) is 35.9 Å². The molecule has 0 fully saturated rings. The number of thioether (sulfide) groups is 1. The maximum Gasteiger partial charge on any atom is 0.257 e. The van der Waals surface area contributed by atoms with E-state index in [0.29, 0.717) is 21.6 Å². The Labute approximate surface area is 153 Å². The monoisotopic (exact) mass is 375 g/mol. The summed E-state index contributed by atoms with van der Waals surface area (Å²) in [5, 5.41) is 4.83. The Balaban J connectivity index is 1.51. The third-order valence-corrected chi connectivity index (χ3v) is 4.30. The van der Waals surface area contributed by atoms with Gasteiger partial charge in [-0.15, -0.1) is 0 Å². The van der Waals surface area contributed by atoms with E-state index in [-0.39, 0.29) is 11.7 Å². The van der Waals surface area contributed by atoms with Crippen LogP contribution >= 0.6 is 23.4 Å². The number of rotatable bonds is 6. The summed E-state index contributed by atoms with van der Waals surface area (Å²) < 4.78 is 10.6. The maximum atomic E-state index is 11.8. The average molecular weight is 376 g/mol. The van der Waals surface area contributed by atoms with Crippen LogP contribution in [0, 0.1) is 0 Å². The molecule has 0 aliphatic heterocycles. The summed E-state index contributed by atoms with van der Waals surface area (Å²) >= 11 is 7.23. The standard InChI is InChI=1S/C17H14ClN3O3S/c1-23-14-7-6-11(8-12(14)18)9-19-21-16(22)10-25-17-20-13-4-2-3-5-15(13)24-17/h2-9H,10H2,1H3,(H,21,22)/b19-9-. The highest BCUT2D eigenvalue weighted by atomic mass is 35.5. The Bertz CT molecular complexity index is 893. The number of hydrogen-bond acceptors (Lipinski definition) is 6. The quantitative estimate of drug-likeness (QED) is 0.403. The van der Waals surface area contributed by atoms with Crippen LogP contribution in [-0.4, -0.2) is 30.0 Å². The normalized spacial score (nSPS) is 11.1. The highest BCUT2D eigenvalue weighted by molar-refractivity contribution is 7.99. The van der Waals surface area contributed by atoms with E-state index >= 15 is 0 Å². The molecule has 0 atom stereocenters. The first-order valence-corrected chi connectivity index (χ1v) is 8.66. The number of oxazole rings is 1. The molecule has 6 nitrogen and oxygen atoms in total. The van der Waals surface area contributed by atoms with Crippen LogP contribution in [0.5, 0.6) is 5.75 Å². The highest BCUT2D eigenvalue weighted by Gasteiger charge is 2.08. The third kappa shape index (κ3) is 4.52. The fourth-order valence-electron chi connectivity index (χ4n) is 2.01. The van der Waals surface area contributed by atoms with E-state index in [1.54, 1.807) is 25.3 Å². The molecule has 0 radical (unpaired) electrons. The summed E-state index contributed by atoms with van der Waals surface area (Å²) in [7, 11) is 1.55. The first kappa shape index (κ1) is 17.3. The van der Waals surface area contributed by atoms with Crippen LogP contribution in [0.1, 0.15) is 5.56 Å². The average Bonchev–Trinajstić information content (AvgIpc) is 3.03. The second kappa shape index (κ2) is 8.04. The fourth-order valence-corrected chi connectivity index (χ4v) is 2.91. The fraction of sp³-hybridized carbons (Fsp3) is 0.118. The molecule has 1 aromatic heterocycles. The second-order valence-corrected chi connectivity index (χ2v) is 6.26. The van der Waals surface area contributed by atoms with Crippen molar-refractivity contribution in [1.29, 1.82) is 0 Å². The van der Waals surface area contributed by atoms with E-state index < -0.39 is 0 Å². The molecule has 8 heteroatoms. The molecule has 1 N–H and O–H groups in total. The summed E-state index contributed by atoms with van der Waals surface area (Å²) in [6.45, 7) is 0. The zero-order valence-corrected chi connectivity index (χ0v) is 14.8. The summed E-state index contributed by atoms with van der Waals surface area (Å²) in [5.41, 5.74) is 4.65. The van der Waals surface area contributed by atoms with Crippen molar-refractivity contribution in [1.82, 2.24) is 10.4 Å². The number of fused-ring (bicyclic) bond motifs is 1. The Kier molecular flexibility index (Phi) is 5.57. The molecule has 0 unspecified atom stereocenters. The molecular formula is C17H14ClN3O3S. The van der Waals surface area contributed by atoms with Gasteiger partial charge < -0.3 is 9.15 Å². The minimum Gasteiger partial charge on any atom is -0.495 e. The Hall–Kier alpha value is -2.51. The molecule has 0 saturated heterocycles. The number of carbonyl (C=O) groups excluding carboxylic acids is 1. The molecule has 3 rings (SSSR count). The number of hydrogen-bond donors (Lipinski definition) is 1. The van der Waals surface area contributed by atoms with Gasteiger partial charge in [-0.2, -0.15) is 5.10 Å². The van der Waals surface area contributed by atoms with Gasteiger partial charge in [0.15, 0.2) is 5.58 Å². The number of methoxy groups -OCH3 is 1. The van der Waals surface area contributed by atoms with Gasteiger partial charge in [0.1, 0.15) is 11.3 Å². The third-order valence-electron chi connectivity index (χ3n) is 3.18. The predicted octanol–water partition coefficient (Wildman–Crippen LogP) is 3.73. The Morgan fingerprint density at radius 1 is 1.40 bits per heavy atom. The van der Waals surface area contributed by atoms with Gasteiger partial charge >= 0.3 is 0 Å². The number of benzene rings is 2. The van der Waals surface area contributed by atoms with Crippen molar-refractivity contribution in [2.24, 2.45) is 5.10 Å². The van der Waals surface area contributed by atoms with Crippen molar-refractivity contribution in [2.75, 3.05) is 12.9 Å². The summed E-state index contributed by atoms with van der Waals surface area (Å²) in [6, 6.07) is 12.6. The van der Waals surface area contributed by atoms with E-state index in [0.717, 1.165) is 11.1 Å². The minimum atomic E-state index is -0.261. The number of nitrogens with zero attached hydrogens (tertiary/aromatic N) is 2. The highest BCUT2D eigenvalue weighted by Crippen LogP contribution is 2.24. The number of para-hydroxylation sites is 2. The van der Waals surface area contributed by atoms with Crippen molar-refractivity contribution >= 4 is 46.6 Å². The van der Waals surface area contributed by atoms with Gasteiger partial charge in [0.2, 0.25) is 0 Å². The number of halogens is 1. The predicted molar refractivity (Wildman–Crippen MR) is 98.5 cm³/mol. The van der Waals surface area contributed by atoms with Crippen molar-refractivity contribution in [3.05, 3.63) is 53.1 Å². The molecule has 1 amide bonds.